The minimum atomic E-state index is -1.07. The van der Waals surface area contributed by atoms with Crippen LogP contribution in [0.1, 0.15) is 17.2 Å². The van der Waals surface area contributed by atoms with Crippen LogP contribution in [-0.4, -0.2) is 29.0 Å². The van der Waals surface area contributed by atoms with Crippen molar-refractivity contribution in [3.8, 4) is 11.5 Å². The number of phenolic OH excluding ortho intramolecular Hbond substituents is 1. The van der Waals surface area contributed by atoms with E-state index in [2.05, 4.69) is 0 Å². The molecule has 1 fully saturated rings. The van der Waals surface area contributed by atoms with Gasteiger partial charge in [-0.3, -0.25) is 14.5 Å². The average molecular weight is 505 g/mol. The summed E-state index contributed by atoms with van der Waals surface area (Å²) in [5.41, 5.74) is 0.594. The first kappa shape index (κ1) is 23.0. The van der Waals surface area contributed by atoms with Gasteiger partial charge >= 0.3 is 0 Å². The standard InChI is InChI=1S/C24H16Cl3NO5/c1-33-15-6-8-17(25)16(11-15)22(30)20-21(12-3-2-4-14(29)9-12)28(24(32)23(20)31)13-5-7-18(26)19(27)10-13/h2-11,21,29-30H,1H3/b22-20+. The fraction of sp³-hybridized carbons (Fsp3) is 0.0833. The van der Waals surface area contributed by atoms with E-state index >= 15 is 0 Å². The fourth-order valence-electron chi connectivity index (χ4n) is 3.70. The number of amides is 1. The highest BCUT2D eigenvalue weighted by molar-refractivity contribution is 6.52. The number of methoxy groups -OCH3 is 1. The van der Waals surface area contributed by atoms with Crippen LogP contribution in [0.25, 0.3) is 5.76 Å². The monoisotopic (exact) mass is 503 g/mol. The summed E-state index contributed by atoms with van der Waals surface area (Å²) in [6, 6.07) is 14.0. The molecule has 168 valence electrons. The van der Waals surface area contributed by atoms with E-state index < -0.39 is 23.5 Å². The van der Waals surface area contributed by atoms with Crippen molar-refractivity contribution < 1.29 is 24.5 Å². The van der Waals surface area contributed by atoms with Crippen LogP contribution < -0.4 is 9.64 Å². The van der Waals surface area contributed by atoms with Gasteiger partial charge < -0.3 is 14.9 Å². The molecule has 0 spiro atoms. The molecule has 1 atom stereocenters. The Morgan fingerprint density at radius 1 is 0.939 bits per heavy atom. The Morgan fingerprint density at radius 3 is 2.33 bits per heavy atom. The molecule has 1 saturated heterocycles. The number of aliphatic hydroxyl groups is 1. The van der Waals surface area contributed by atoms with Gasteiger partial charge in [-0.1, -0.05) is 46.9 Å². The predicted octanol–water partition coefficient (Wildman–Crippen LogP) is 5.99. The minimum absolute atomic E-state index is 0.0772. The van der Waals surface area contributed by atoms with Crippen molar-refractivity contribution in [2.75, 3.05) is 12.0 Å². The highest BCUT2D eigenvalue weighted by Crippen LogP contribution is 2.44. The lowest BCUT2D eigenvalue weighted by atomic mass is 9.95. The normalized spacial score (nSPS) is 17.5. The first-order chi connectivity index (χ1) is 15.7. The van der Waals surface area contributed by atoms with Crippen LogP contribution in [0.2, 0.25) is 15.1 Å². The van der Waals surface area contributed by atoms with Gasteiger partial charge in [-0.25, -0.2) is 0 Å². The van der Waals surface area contributed by atoms with Gasteiger partial charge in [0.1, 0.15) is 17.3 Å². The Morgan fingerprint density at radius 2 is 1.67 bits per heavy atom. The molecule has 0 aromatic heterocycles. The summed E-state index contributed by atoms with van der Waals surface area (Å²) in [4.78, 5) is 27.5. The molecule has 33 heavy (non-hydrogen) atoms. The number of aliphatic hydroxyl groups excluding tert-OH is 1. The Kier molecular flexibility index (Phi) is 6.26. The van der Waals surface area contributed by atoms with Crippen LogP contribution in [0.15, 0.2) is 66.2 Å². The first-order valence-electron chi connectivity index (χ1n) is 9.61. The number of nitrogens with zero attached hydrogens (tertiary/aromatic N) is 1. The van der Waals surface area contributed by atoms with E-state index in [9.17, 15) is 19.8 Å². The number of hydrogen-bond acceptors (Lipinski definition) is 5. The van der Waals surface area contributed by atoms with E-state index in [1.165, 1.54) is 54.5 Å². The molecule has 0 aliphatic carbocycles. The summed E-state index contributed by atoms with van der Waals surface area (Å²) in [6.45, 7) is 0. The Hall–Kier alpha value is -3.19. The second-order valence-corrected chi connectivity index (χ2v) is 8.43. The second-order valence-electron chi connectivity index (χ2n) is 7.21. The highest BCUT2D eigenvalue weighted by atomic mass is 35.5. The number of hydrogen-bond donors (Lipinski definition) is 2. The topological polar surface area (TPSA) is 87.1 Å². The first-order valence-corrected chi connectivity index (χ1v) is 10.7. The number of halogens is 3. The quantitative estimate of drug-likeness (QED) is 0.259. The minimum Gasteiger partial charge on any atom is -0.508 e. The molecule has 0 radical (unpaired) electrons. The third-order valence-electron chi connectivity index (χ3n) is 5.24. The molecule has 0 bridgehead atoms. The molecular weight excluding hydrogens is 489 g/mol. The molecule has 6 nitrogen and oxygen atoms in total. The van der Waals surface area contributed by atoms with Crippen LogP contribution in [0, 0.1) is 0 Å². The summed E-state index contributed by atoms with van der Waals surface area (Å²) in [5, 5.41) is 21.9. The smallest absolute Gasteiger partial charge is 0.300 e. The van der Waals surface area contributed by atoms with Gasteiger partial charge in [0.2, 0.25) is 0 Å². The lowest BCUT2D eigenvalue weighted by molar-refractivity contribution is -0.132. The number of ketones is 1. The molecule has 4 rings (SSSR count). The van der Waals surface area contributed by atoms with E-state index in [1.54, 1.807) is 18.2 Å². The maximum absolute atomic E-state index is 13.2. The number of rotatable bonds is 4. The number of benzene rings is 3. The van der Waals surface area contributed by atoms with Crippen molar-refractivity contribution in [3.05, 3.63) is 92.4 Å². The van der Waals surface area contributed by atoms with E-state index in [-0.39, 0.29) is 37.6 Å². The van der Waals surface area contributed by atoms with Crippen LogP contribution in [-0.2, 0) is 9.59 Å². The highest BCUT2D eigenvalue weighted by Gasteiger charge is 2.47. The van der Waals surface area contributed by atoms with Crippen molar-refractivity contribution in [1.82, 2.24) is 0 Å². The largest absolute Gasteiger partial charge is 0.508 e. The molecule has 1 unspecified atom stereocenters. The summed E-state index contributed by atoms with van der Waals surface area (Å²) < 4.78 is 5.20. The molecule has 1 amide bonds. The van der Waals surface area contributed by atoms with E-state index in [4.69, 9.17) is 39.5 Å². The number of Topliss-reactive ketones (excluding diaryl/α,β-unsaturated/α-hetero) is 1. The maximum atomic E-state index is 13.2. The number of carbonyl (C=O) groups is 2. The second kappa shape index (κ2) is 8.98. The van der Waals surface area contributed by atoms with Crippen LogP contribution in [0.5, 0.6) is 11.5 Å². The van der Waals surface area contributed by atoms with Gasteiger partial charge in [0, 0.05) is 11.3 Å². The van der Waals surface area contributed by atoms with Crippen molar-refractivity contribution in [3.63, 3.8) is 0 Å². The van der Waals surface area contributed by atoms with Gasteiger partial charge in [-0.15, -0.1) is 0 Å². The zero-order valence-electron chi connectivity index (χ0n) is 17.1. The van der Waals surface area contributed by atoms with Crippen LogP contribution >= 0.6 is 34.8 Å². The zero-order valence-corrected chi connectivity index (χ0v) is 19.3. The van der Waals surface area contributed by atoms with E-state index in [0.29, 0.717) is 11.3 Å². The molecule has 9 heteroatoms. The summed E-state index contributed by atoms with van der Waals surface area (Å²) in [7, 11) is 1.45. The summed E-state index contributed by atoms with van der Waals surface area (Å²) >= 11 is 18.5. The summed E-state index contributed by atoms with van der Waals surface area (Å²) in [5.74, 6) is -1.97. The molecule has 2 N–H and O–H groups in total. The fourth-order valence-corrected chi connectivity index (χ4v) is 4.20. The summed E-state index contributed by atoms with van der Waals surface area (Å²) in [6.07, 6.45) is 0. The van der Waals surface area contributed by atoms with E-state index in [0.717, 1.165) is 0 Å². The molecule has 0 saturated carbocycles. The van der Waals surface area contributed by atoms with E-state index in [1.807, 2.05) is 0 Å². The van der Waals surface area contributed by atoms with Gasteiger partial charge in [0.15, 0.2) is 0 Å². The van der Waals surface area contributed by atoms with Crippen molar-refractivity contribution in [1.29, 1.82) is 0 Å². The number of aromatic hydroxyl groups is 1. The van der Waals surface area contributed by atoms with Gasteiger partial charge in [0.05, 0.1) is 33.8 Å². The Bertz CT molecular complexity index is 1320. The lowest BCUT2D eigenvalue weighted by Gasteiger charge is -2.26. The lowest BCUT2D eigenvalue weighted by Crippen LogP contribution is -2.29. The maximum Gasteiger partial charge on any atom is 0.300 e. The molecule has 1 aliphatic heterocycles. The average Bonchev–Trinajstić information content (AvgIpc) is 3.06. The molecule has 1 aliphatic rings. The van der Waals surface area contributed by atoms with Gasteiger partial charge in [0.25, 0.3) is 11.7 Å². The van der Waals surface area contributed by atoms with Crippen LogP contribution in [0.3, 0.4) is 0 Å². The van der Waals surface area contributed by atoms with Crippen molar-refractivity contribution >= 4 is 57.9 Å². The van der Waals surface area contributed by atoms with Gasteiger partial charge in [-0.05, 0) is 54.1 Å². The number of phenols is 1. The number of ether oxygens (including phenoxy) is 1. The molecular formula is C24H16Cl3NO5. The van der Waals surface area contributed by atoms with Crippen molar-refractivity contribution in [2.24, 2.45) is 0 Å². The molecule has 3 aromatic carbocycles. The zero-order chi connectivity index (χ0) is 23.9. The molecule has 3 aromatic rings. The van der Waals surface area contributed by atoms with Crippen molar-refractivity contribution in [2.45, 2.75) is 6.04 Å². The van der Waals surface area contributed by atoms with Crippen LogP contribution in [0.4, 0.5) is 5.69 Å². The third kappa shape index (κ3) is 4.13. The number of carbonyl (C=O) groups excluding carboxylic acids is 2. The predicted molar refractivity (Wildman–Crippen MR) is 127 cm³/mol. The Labute approximate surface area is 204 Å². The molecule has 1 heterocycles. The SMILES string of the molecule is COc1ccc(Cl)c(/C(O)=C2\C(=O)C(=O)N(c3ccc(Cl)c(Cl)c3)C2c2cccc(O)c2)c1. The third-order valence-corrected chi connectivity index (χ3v) is 6.31. The Balaban J connectivity index is 1.99. The van der Waals surface area contributed by atoms with Gasteiger partial charge in [-0.2, -0.15) is 0 Å². The number of anilines is 1.